The van der Waals surface area contributed by atoms with Crippen molar-refractivity contribution in [3.8, 4) is 6.07 Å². The number of benzene rings is 1. The van der Waals surface area contributed by atoms with Crippen molar-refractivity contribution in [3.05, 3.63) is 52.0 Å². The van der Waals surface area contributed by atoms with E-state index < -0.39 is 0 Å². The van der Waals surface area contributed by atoms with E-state index in [0.717, 1.165) is 24.5 Å². The molecule has 17 heavy (non-hydrogen) atoms. The zero-order chi connectivity index (χ0) is 11.9. The van der Waals surface area contributed by atoms with Crippen molar-refractivity contribution in [1.29, 1.82) is 5.26 Å². The minimum absolute atomic E-state index is 0.705. The second-order valence-electron chi connectivity index (χ2n) is 3.66. The number of thiazole rings is 1. The number of nitriles is 1. The summed E-state index contributed by atoms with van der Waals surface area (Å²) >= 11 is 1.69. The van der Waals surface area contributed by atoms with Crippen LogP contribution in [0.15, 0.2) is 35.8 Å². The molecule has 0 aliphatic heterocycles. The van der Waals surface area contributed by atoms with E-state index in [1.165, 1.54) is 5.56 Å². The fourth-order valence-corrected chi connectivity index (χ4v) is 2.12. The lowest BCUT2D eigenvalue weighted by Gasteiger charge is -2.03. The molecule has 1 aromatic heterocycles. The highest BCUT2D eigenvalue weighted by Gasteiger charge is 1.96. The average Bonchev–Trinajstić information content (AvgIpc) is 2.88. The number of nitrogens with one attached hydrogen (secondary N) is 1. The van der Waals surface area contributed by atoms with Crippen molar-refractivity contribution < 1.29 is 0 Å². The normalized spacial score (nSPS) is 10.1. The molecule has 0 amide bonds. The Bertz CT molecular complexity index is 482. The highest BCUT2D eigenvalue weighted by molar-refractivity contribution is 7.09. The van der Waals surface area contributed by atoms with E-state index in [1.54, 1.807) is 11.3 Å². The first-order valence-corrected chi connectivity index (χ1v) is 6.34. The number of nitrogens with zero attached hydrogens (tertiary/aromatic N) is 2. The molecule has 0 saturated heterocycles. The van der Waals surface area contributed by atoms with Crippen LogP contribution in [0.1, 0.15) is 16.1 Å². The number of hydrogen-bond acceptors (Lipinski definition) is 4. The van der Waals surface area contributed by atoms with Gasteiger partial charge in [-0.3, -0.25) is 0 Å². The highest BCUT2D eigenvalue weighted by atomic mass is 32.1. The van der Waals surface area contributed by atoms with Crippen LogP contribution in [0.5, 0.6) is 0 Å². The second-order valence-corrected chi connectivity index (χ2v) is 4.64. The molecule has 0 radical (unpaired) electrons. The van der Waals surface area contributed by atoms with Gasteiger partial charge in [0, 0.05) is 31.1 Å². The van der Waals surface area contributed by atoms with Crippen LogP contribution in [-0.4, -0.2) is 11.5 Å². The lowest BCUT2D eigenvalue weighted by Crippen LogP contribution is -2.16. The number of hydrogen-bond donors (Lipinski definition) is 1. The second kappa shape index (κ2) is 6.14. The third kappa shape index (κ3) is 3.66. The first-order valence-electron chi connectivity index (χ1n) is 5.46. The molecule has 0 saturated carbocycles. The molecule has 4 heteroatoms. The van der Waals surface area contributed by atoms with Gasteiger partial charge in [-0.2, -0.15) is 5.26 Å². The van der Waals surface area contributed by atoms with Gasteiger partial charge in [-0.05, 0) is 17.7 Å². The summed E-state index contributed by atoms with van der Waals surface area (Å²) in [4.78, 5) is 4.23. The Labute approximate surface area is 105 Å². The third-order valence-corrected chi connectivity index (χ3v) is 3.25. The third-order valence-electron chi connectivity index (χ3n) is 2.41. The Balaban J connectivity index is 1.73. The maximum Gasteiger partial charge on any atom is 0.0991 e. The van der Waals surface area contributed by atoms with Crippen LogP contribution in [0.2, 0.25) is 0 Å². The Morgan fingerprint density at radius 3 is 2.76 bits per heavy atom. The van der Waals surface area contributed by atoms with Crippen LogP contribution in [0.4, 0.5) is 0 Å². The Kier molecular flexibility index (Phi) is 4.25. The van der Waals surface area contributed by atoms with E-state index in [1.807, 2.05) is 35.8 Å². The predicted octanol–water partition coefficient (Wildman–Crippen LogP) is 2.35. The van der Waals surface area contributed by atoms with Crippen molar-refractivity contribution in [1.82, 2.24) is 10.3 Å². The molecule has 3 nitrogen and oxygen atoms in total. The average molecular weight is 243 g/mol. The standard InChI is InChI=1S/C13H13N3S/c14-9-11-1-3-12(4-2-11)10-15-6-5-13-16-7-8-17-13/h1-4,7-8,15H,5-6,10H2. The van der Waals surface area contributed by atoms with E-state index in [0.29, 0.717) is 5.56 Å². The zero-order valence-electron chi connectivity index (χ0n) is 9.39. The van der Waals surface area contributed by atoms with Crippen molar-refractivity contribution >= 4 is 11.3 Å². The van der Waals surface area contributed by atoms with Crippen molar-refractivity contribution in [2.24, 2.45) is 0 Å². The Morgan fingerprint density at radius 1 is 1.29 bits per heavy atom. The van der Waals surface area contributed by atoms with Crippen molar-refractivity contribution in [3.63, 3.8) is 0 Å². The maximum atomic E-state index is 8.68. The molecule has 2 aromatic rings. The van der Waals surface area contributed by atoms with E-state index in [2.05, 4.69) is 16.4 Å². The van der Waals surface area contributed by atoms with E-state index >= 15 is 0 Å². The molecular formula is C13H13N3S. The van der Waals surface area contributed by atoms with Gasteiger partial charge in [0.25, 0.3) is 0 Å². The first kappa shape index (κ1) is 11.8. The van der Waals surface area contributed by atoms with Gasteiger partial charge in [-0.15, -0.1) is 11.3 Å². The Morgan fingerprint density at radius 2 is 2.12 bits per heavy atom. The van der Waals surface area contributed by atoms with E-state index in [-0.39, 0.29) is 0 Å². The molecule has 1 N–H and O–H groups in total. The summed E-state index contributed by atoms with van der Waals surface area (Å²) in [6, 6.07) is 9.77. The lowest BCUT2D eigenvalue weighted by molar-refractivity contribution is 0.685. The van der Waals surface area contributed by atoms with Gasteiger partial charge in [0.2, 0.25) is 0 Å². The van der Waals surface area contributed by atoms with Crippen LogP contribution in [-0.2, 0) is 13.0 Å². The molecule has 0 fully saturated rings. The fourth-order valence-electron chi connectivity index (χ4n) is 1.50. The smallest absolute Gasteiger partial charge is 0.0991 e. The quantitative estimate of drug-likeness (QED) is 0.820. The summed E-state index contributed by atoms with van der Waals surface area (Å²) in [5.74, 6) is 0. The predicted molar refractivity (Wildman–Crippen MR) is 68.7 cm³/mol. The van der Waals surface area contributed by atoms with Crippen LogP contribution >= 0.6 is 11.3 Å². The lowest BCUT2D eigenvalue weighted by atomic mass is 10.1. The van der Waals surface area contributed by atoms with Gasteiger partial charge < -0.3 is 5.32 Å². The number of rotatable bonds is 5. The molecule has 1 aromatic carbocycles. The van der Waals surface area contributed by atoms with Crippen LogP contribution in [0, 0.1) is 11.3 Å². The molecule has 0 atom stereocenters. The van der Waals surface area contributed by atoms with Gasteiger partial charge in [-0.1, -0.05) is 12.1 Å². The monoisotopic (exact) mass is 243 g/mol. The van der Waals surface area contributed by atoms with Gasteiger partial charge in [-0.25, -0.2) is 4.98 Å². The Hall–Kier alpha value is -1.70. The molecule has 0 aliphatic rings. The summed E-state index contributed by atoms with van der Waals surface area (Å²) in [6.45, 7) is 1.75. The molecule has 0 aliphatic carbocycles. The van der Waals surface area contributed by atoms with Crippen LogP contribution < -0.4 is 5.32 Å². The fraction of sp³-hybridized carbons (Fsp3) is 0.231. The SMILES string of the molecule is N#Cc1ccc(CNCCc2nccs2)cc1. The highest BCUT2D eigenvalue weighted by Crippen LogP contribution is 2.05. The molecular weight excluding hydrogens is 230 g/mol. The number of aromatic nitrogens is 1. The summed E-state index contributed by atoms with van der Waals surface area (Å²) in [5, 5.41) is 15.2. The molecule has 0 unspecified atom stereocenters. The van der Waals surface area contributed by atoms with Gasteiger partial charge >= 0.3 is 0 Å². The summed E-state index contributed by atoms with van der Waals surface area (Å²) < 4.78 is 0. The molecule has 2 rings (SSSR count). The van der Waals surface area contributed by atoms with Gasteiger partial charge in [0.15, 0.2) is 0 Å². The minimum atomic E-state index is 0.705. The first-order chi connectivity index (χ1) is 8.38. The largest absolute Gasteiger partial charge is 0.312 e. The molecule has 86 valence electrons. The molecule has 0 bridgehead atoms. The van der Waals surface area contributed by atoms with Crippen molar-refractivity contribution in [2.75, 3.05) is 6.54 Å². The van der Waals surface area contributed by atoms with Gasteiger partial charge in [0.1, 0.15) is 0 Å². The van der Waals surface area contributed by atoms with Crippen molar-refractivity contribution in [2.45, 2.75) is 13.0 Å². The van der Waals surface area contributed by atoms with Gasteiger partial charge in [0.05, 0.1) is 16.6 Å². The minimum Gasteiger partial charge on any atom is -0.312 e. The van der Waals surface area contributed by atoms with Crippen LogP contribution in [0.25, 0.3) is 0 Å². The van der Waals surface area contributed by atoms with E-state index in [9.17, 15) is 0 Å². The summed E-state index contributed by atoms with van der Waals surface area (Å²) in [7, 11) is 0. The molecule has 1 heterocycles. The van der Waals surface area contributed by atoms with Crippen LogP contribution in [0.3, 0.4) is 0 Å². The topological polar surface area (TPSA) is 48.7 Å². The summed E-state index contributed by atoms with van der Waals surface area (Å²) in [5.41, 5.74) is 1.90. The summed E-state index contributed by atoms with van der Waals surface area (Å²) in [6.07, 6.45) is 2.80. The molecule has 0 spiro atoms. The zero-order valence-corrected chi connectivity index (χ0v) is 10.2. The van der Waals surface area contributed by atoms with E-state index in [4.69, 9.17) is 5.26 Å². The maximum absolute atomic E-state index is 8.68.